The molecular weight excluding hydrogens is 432 g/mol. The molecule has 1 heterocycles. The van der Waals surface area contributed by atoms with Crippen LogP contribution in [0.4, 0.5) is 11.5 Å². The minimum absolute atomic E-state index is 0.310. The monoisotopic (exact) mass is 470 g/mol. The number of unbranched alkanes of at least 4 members (excludes halogenated alkanes) is 6. The van der Waals surface area contributed by atoms with Crippen LogP contribution >= 0.6 is 0 Å². The lowest BCUT2D eigenvalue weighted by Crippen LogP contribution is -1.92. The van der Waals surface area contributed by atoms with Crippen molar-refractivity contribution in [2.75, 3.05) is 6.61 Å². The van der Waals surface area contributed by atoms with Crippen molar-refractivity contribution < 1.29 is 5.11 Å². The Morgan fingerprint density at radius 1 is 0.657 bits per heavy atom. The van der Waals surface area contributed by atoms with Crippen LogP contribution in [0, 0.1) is 0 Å². The van der Waals surface area contributed by atoms with Gasteiger partial charge in [-0.15, -0.1) is 5.10 Å². The molecule has 1 N–H and O–H groups in total. The summed E-state index contributed by atoms with van der Waals surface area (Å²) in [4.78, 5) is 9.05. The van der Waals surface area contributed by atoms with E-state index in [0.717, 1.165) is 54.6 Å². The predicted molar refractivity (Wildman–Crippen MR) is 147 cm³/mol. The molecule has 5 nitrogen and oxygen atoms in total. The van der Waals surface area contributed by atoms with Crippen LogP contribution in [0.15, 0.2) is 70.6 Å². The summed E-state index contributed by atoms with van der Waals surface area (Å²) in [6, 6.07) is 20.6. The van der Waals surface area contributed by atoms with Gasteiger partial charge in [-0.2, -0.15) is 5.10 Å². The van der Waals surface area contributed by atoms with E-state index in [2.05, 4.69) is 51.4 Å². The number of aryl methyl sites for hydroxylation is 2. The minimum Gasteiger partial charge on any atom is -0.396 e. The summed E-state index contributed by atoms with van der Waals surface area (Å²) in [5.41, 5.74) is 5.40. The number of hydrogen-bond donors (Lipinski definition) is 1. The third-order valence-corrected chi connectivity index (χ3v) is 5.95. The van der Waals surface area contributed by atoms with Crippen LogP contribution in [-0.4, -0.2) is 34.3 Å². The van der Waals surface area contributed by atoms with Crippen LogP contribution in [-0.2, 0) is 12.8 Å². The van der Waals surface area contributed by atoms with E-state index in [-0.39, 0.29) is 0 Å². The maximum atomic E-state index is 8.83. The Balaban J connectivity index is 1.44. The molecular formula is C30H38N4O. The van der Waals surface area contributed by atoms with E-state index in [9.17, 15) is 0 Å². The summed E-state index contributed by atoms with van der Waals surface area (Å²) < 4.78 is 0. The highest BCUT2D eigenvalue weighted by Crippen LogP contribution is 2.16. The summed E-state index contributed by atoms with van der Waals surface area (Å²) in [6.45, 7) is 2.51. The SMILES string of the molecule is CCCCCc1ccc(N=Cc2ccc(C=Nc3ccc(CCCCCCCO)cc3)cc2)nn1. The zero-order valence-corrected chi connectivity index (χ0v) is 20.9. The second kappa shape index (κ2) is 15.7. The summed E-state index contributed by atoms with van der Waals surface area (Å²) in [6.07, 6.45) is 15.0. The van der Waals surface area contributed by atoms with Gasteiger partial charge in [-0.05, 0) is 73.1 Å². The van der Waals surface area contributed by atoms with Crippen molar-refractivity contribution in [3.05, 3.63) is 83.0 Å². The topological polar surface area (TPSA) is 70.7 Å². The molecule has 0 aliphatic heterocycles. The molecule has 0 aliphatic rings. The fourth-order valence-electron chi connectivity index (χ4n) is 3.79. The van der Waals surface area contributed by atoms with E-state index in [1.54, 1.807) is 0 Å². The number of aromatic nitrogens is 2. The molecule has 3 aromatic rings. The zero-order chi connectivity index (χ0) is 24.6. The predicted octanol–water partition coefficient (Wildman–Crippen LogP) is 7.20. The molecule has 35 heavy (non-hydrogen) atoms. The smallest absolute Gasteiger partial charge is 0.174 e. The highest BCUT2D eigenvalue weighted by atomic mass is 16.2. The van der Waals surface area contributed by atoms with E-state index in [1.165, 1.54) is 37.7 Å². The molecule has 0 aliphatic carbocycles. The van der Waals surface area contributed by atoms with Gasteiger partial charge in [0.1, 0.15) is 0 Å². The van der Waals surface area contributed by atoms with Gasteiger partial charge in [0.25, 0.3) is 0 Å². The number of aliphatic hydroxyl groups excluding tert-OH is 1. The van der Waals surface area contributed by atoms with Crippen molar-refractivity contribution in [2.24, 2.45) is 9.98 Å². The molecule has 0 radical (unpaired) electrons. The first-order valence-corrected chi connectivity index (χ1v) is 13.0. The number of aliphatic imine (C=N–C) groups is 2. The molecule has 184 valence electrons. The fourth-order valence-corrected chi connectivity index (χ4v) is 3.79. The minimum atomic E-state index is 0.310. The van der Waals surface area contributed by atoms with Crippen molar-refractivity contribution in [1.29, 1.82) is 0 Å². The van der Waals surface area contributed by atoms with Crippen LogP contribution in [0.5, 0.6) is 0 Å². The third kappa shape index (κ3) is 10.3. The van der Waals surface area contributed by atoms with Gasteiger partial charge in [0.15, 0.2) is 5.82 Å². The standard InChI is InChI=1S/C30H38N4O/c1-2-3-7-11-29-20-21-30(34-33-29)32-24-27-14-12-26(13-15-27)23-31-28-18-16-25(17-19-28)10-8-5-4-6-9-22-35/h12-21,23-24,35H,2-11,22H2,1H3. The van der Waals surface area contributed by atoms with E-state index in [0.29, 0.717) is 12.4 Å². The first kappa shape index (κ1) is 26.4. The van der Waals surface area contributed by atoms with Gasteiger partial charge in [0.2, 0.25) is 0 Å². The van der Waals surface area contributed by atoms with Crippen LogP contribution in [0.1, 0.15) is 80.7 Å². The van der Waals surface area contributed by atoms with E-state index in [4.69, 9.17) is 5.11 Å². The van der Waals surface area contributed by atoms with Gasteiger partial charge < -0.3 is 5.11 Å². The molecule has 3 rings (SSSR count). The molecule has 0 unspecified atom stereocenters. The van der Waals surface area contributed by atoms with Crippen LogP contribution in [0.25, 0.3) is 0 Å². The van der Waals surface area contributed by atoms with E-state index >= 15 is 0 Å². The summed E-state index contributed by atoms with van der Waals surface area (Å²) in [5, 5.41) is 17.3. The Labute approximate surface area is 210 Å². The van der Waals surface area contributed by atoms with Gasteiger partial charge in [-0.3, -0.25) is 4.99 Å². The molecule has 0 spiro atoms. The van der Waals surface area contributed by atoms with Crippen molar-refractivity contribution in [3.8, 4) is 0 Å². The van der Waals surface area contributed by atoms with E-state index in [1.807, 2.05) is 48.8 Å². The second-order valence-corrected chi connectivity index (χ2v) is 8.93. The number of nitrogens with zero attached hydrogens (tertiary/aromatic N) is 4. The molecule has 0 atom stereocenters. The maximum absolute atomic E-state index is 8.83. The lowest BCUT2D eigenvalue weighted by Gasteiger charge is -2.02. The number of benzene rings is 2. The van der Waals surface area contributed by atoms with Crippen molar-refractivity contribution in [3.63, 3.8) is 0 Å². The summed E-state index contributed by atoms with van der Waals surface area (Å²) in [7, 11) is 0. The van der Waals surface area contributed by atoms with Gasteiger partial charge in [-0.25, -0.2) is 4.99 Å². The Hall–Kier alpha value is -3.18. The Morgan fingerprint density at radius 2 is 1.31 bits per heavy atom. The van der Waals surface area contributed by atoms with Gasteiger partial charge in [-0.1, -0.05) is 75.4 Å². The van der Waals surface area contributed by atoms with Crippen molar-refractivity contribution >= 4 is 23.9 Å². The zero-order valence-electron chi connectivity index (χ0n) is 20.9. The first-order valence-electron chi connectivity index (χ1n) is 13.0. The molecule has 5 heteroatoms. The van der Waals surface area contributed by atoms with Gasteiger partial charge >= 0.3 is 0 Å². The number of hydrogen-bond acceptors (Lipinski definition) is 5. The lowest BCUT2D eigenvalue weighted by molar-refractivity contribution is 0.282. The molecule has 1 aromatic heterocycles. The van der Waals surface area contributed by atoms with Crippen LogP contribution in [0.2, 0.25) is 0 Å². The fraction of sp³-hybridized carbons (Fsp3) is 0.400. The normalized spacial score (nSPS) is 11.6. The Morgan fingerprint density at radius 3 is 1.97 bits per heavy atom. The Kier molecular flexibility index (Phi) is 11.8. The largest absolute Gasteiger partial charge is 0.396 e. The highest BCUT2D eigenvalue weighted by molar-refractivity contribution is 5.86. The quantitative estimate of drug-likeness (QED) is 0.189. The lowest BCUT2D eigenvalue weighted by atomic mass is 10.1. The number of rotatable bonds is 15. The van der Waals surface area contributed by atoms with Gasteiger partial charge in [0.05, 0.1) is 11.4 Å². The third-order valence-electron chi connectivity index (χ3n) is 5.95. The molecule has 0 saturated heterocycles. The average molecular weight is 471 g/mol. The van der Waals surface area contributed by atoms with E-state index < -0.39 is 0 Å². The Bertz CT molecular complexity index is 1030. The van der Waals surface area contributed by atoms with Gasteiger partial charge in [0, 0.05) is 19.0 Å². The second-order valence-electron chi connectivity index (χ2n) is 8.93. The molecule has 0 saturated carbocycles. The van der Waals surface area contributed by atoms with Crippen molar-refractivity contribution in [2.45, 2.75) is 71.1 Å². The average Bonchev–Trinajstić information content (AvgIpc) is 2.90. The highest BCUT2D eigenvalue weighted by Gasteiger charge is 1.98. The van der Waals surface area contributed by atoms with Crippen LogP contribution < -0.4 is 0 Å². The first-order chi connectivity index (χ1) is 17.3. The van der Waals surface area contributed by atoms with Crippen molar-refractivity contribution in [1.82, 2.24) is 10.2 Å². The van der Waals surface area contributed by atoms with Crippen LogP contribution in [0.3, 0.4) is 0 Å². The summed E-state index contributed by atoms with van der Waals surface area (Å²) in [5.74, 6) is 0.625. The molecule has 0 fully saturated rings. The number of aliphatic hydroxyl groups is 1. The molecule has 0 bridgehead atoms. The molecule has 0 amide bonds. The maximum Gasteiger partial charge on any atom is 0.174 e. The molecule has 2 aromatic carbocycles. The summed E-state index contributed by atoms with van der Waals surface area (Å²) >= 11 is 0.